The molecule has 0 heterocycles. The van der Waals surface area contributed by atoms with Crippen molar-refractivity contribution in [1.82, 2.24) is 5.32 Å². The first-order chi connectivity index (χ1) is 6.26. The molecule has 0 saturated heterocycles. The monoisotopic (exact) mass is 223 g/mol. The lowest BCUT2D eigenvalue weighted by molar-refractivity contribution is -0.140. The van der Waals surface area contributed by atoms with Crippen molar-refractivity contribution in [3.8, 4) is 0 Å². The molecule has 1 atom stereocenters. The van der Waals surface area contributed by atoms with Gasteiger partial charge in [0.2, 0.25) is 0 Å². The highest BCUT2D eigenvalue weighted by molar-refractivity contribution is 5.80. The van der Waals surface area contributed by atoms with Gasteiger partial charge in [0.1, 0.15) is 5.60 Å². The van der Waals surface area contributed by atoms with Crippen LogP contribution in [0.1, 0.15) is 20.8 Å². The molecule has 15 heavy (non-hydrogen) atoms. The number of rotatable bonds is 3. The van der Waals surface area contributed by atoms with E-state index in [0.29, 0.717) is 0 Å². The highest BCUT2D eigenvalue weighted by Crippen LogP contribution is 2.06. The number of aliphatic hydroxyl groups is 1. The van der Waals surface area contributed by atoms with Crippen LogP contribution in [0.15, 0.2) is 0 Å². The number of aliphatic carboxylic acids is 1. The van der Waals surface area contributed by atoms with E-state index in [1.807, 2.05) is 5.32 Å². The van der Waals surface area contributed by atoms with Crippen molar-refractivity contribution < 1.29 is 30.0 Å². The molecule has 0 radical (unpaired) electrons. The van der Waals surface area contributed by atoms with Gasteiger partial charge in [0, 0.05) is 0 Å². The topological polar surface area (TPSA) is 127 Å². The standard InChI is InChI=1S/C8H15NO5.H2O/c1-8(2,3)14-7(13)9-5(4-10)6(11)12;/h5,10H,4H2,1-3H3,(H,9,13)(H,11,12);1H2. The van der Waals surface area contributed by atoms with Crippen LogP contribution in [0, 0.1) is 0 Å². The van der Waals surface area contributed by atoms with E-state index in [1.165, 1.54) is 0 Å². The van der Waals surface area contributed by atoms with Crippen LogP contribution in [0.25, 0.3) is 0 Å². The number of amides is 1. The second-order valence-electron chi connectivity index (χ2n) is 3.72. The minimum Gasteiger partial charge on any atom is -0.480 e. The summed E-state index contributed by atoms with van der Waals surface area (Å²) < 4.78 is 4.80. The smallest absolute Gasteiger partial charge is 0.408 e. The molecule has 0 aromatic heterocycles. The number of carbonyl (C=O) groups excluding carboxylic acids is 1. The molecule has 0 spiro atoms. The Labute approximate surface area is 87.3 Å². The van der Waals surface area contributed by atoms with Crippen LogP contribution in [-0.4, -0.2) is 46.0 Å². The predicted octanol–water partition coefficient (Wildman–Crippen LogP) is -0.868. The van der Waals surface area contributed by atoms with Crippen LogP contribution in [0.2, 0.25) is 0 Å². The van der Waals surface area contributed by atoms with Gasteiger partial charge in [-0.15, -0.1) is 0 Å². The quantitative estimate of drug-likeness (QED) is 0.573. The van der Waals surface area contributed by atoms with Crippen molar-refractivity contribution in [2.24, 2.45) is 0 Å². The predicted molar refractivity (Wildman–Crippen MR) is 51.5 cm³/mol. The molecule has 7 heteroatoms. The molecular weight excluding hydrogens is 206 g/mol. The molecule has 5 N–H and O–H groups in total. The maximum Gasteiger partial charge on any atom is 0.408 e. The zero-order chi connectivity index (χ0) is 11.4. The molecule has 0 aliphatic carbocycles. The number of aliphatic hydroxyl groups excluding tert-OH is 1. The average molecular weight is 223 g/mol. The largest absolute Gasteiger partial charge is 0.480 e. The first kappa shape index (κ1) is 16.1. The molecular formula is C8H17NO6. The third kappa shape index (κ3) is 7.71. The number of ether oxygens (including phenoxy) is 1. The molecule has 1 amide bonds. The minimum absolute atomic E-state index is 0. The van der Waals surface area contributed by atoms with Crippen molar-refractivity contribution in [2.75, 3.05) is 6.61 Å². The van der Waals surface area contributed by atoms with Crippen molar-refractivity contribution >= 4 is 12.1 Å². The fourth-order valence-corrected chi connectivity index (χ4v) is 0.635. The molecule has 0 rings (SSSR count). The summed E-state index contributed by atoms with van der Waals surface area (Å²) in [6.45, 7) is 4.29. The molecule has 0 aromatic rings. The number of carboxylic acid groups (broad SMARTS) is 1. The molecule has 0 bridgehead atoms. The number of carboxylic acids is 1. The van der Waals surface area contributed by atoms with E-state index in [-0.39, 0.29) is 5.48 Å². The van der Waals surface area contributed by atoms with E-state index in [9.17, 15) is 9.59 Å². The molecule has 0 aromatic carbocycles. The van der Waals surface area contributed by atoms with E-state index >= 15 is 0 Å². The van der Waals surface area contributed by atoms with Gasteiger partial charge in [-0.3, -0.25) is 0 Å². The third-order valence-electron chi connectivity index (χ3n) is 1.17. The van der Waals surface area contributed by atoms with Crippen LogP contribution in [0.4, 0.5) is 4.79 Å². The molecule has 7 nitrogen and oxygen atoms in total. The van der Waals surface area contributed by atoms with Gasteiger partial charge >= 0.3 is 12.1 Å². The summed E-state index contributed by atoms with van der Waals surface area (Å²) in [5.41, 5.74) is -0.692. The van der Waals surface area contributed by atoms with Gasteiger partial charge in [0.05, 0.1) is 6.61 Å². The number of carbonyl (C=O) groups is 2. The number of hydrogen-bond donors (Lipinski definition) is 3. The lowest BCUT2D eigenvalue weighted by Gasteiger charge is -2.21. The van der Waals surface area contributed by atoms with Crippen molar-refractivity contribution in [3.05, 3.63) is 0 Å². The van der Waals surface area contributed by atoms with E-state index in [4.69, 9.17) is 14.9 Å². The minimum atomic E-state index is -1.33. The van der Waals surface area contributed by atoms with Gasteiger partial charge in [0.25, 0.3) is 0 Å². The van der Waals surface area contributed by atoms with Crippen molar-refractivity contribution in [2.45, 2.75) is 32.4 Å². The highest BCUT2D eigenvalue weighted by Gasteiger charge is 2.22. The second-order valence-corrected chi connectivity index (χ2v) is 3.72. The Morgan fingerprint density at radius 3 is 2.13 bits per heavy atom. The molecule has 0 fully saturated rings. The summed E-state index contributed by atoms with van der Waals surface area (Å²) in [6, 6.07) is -1.33. The Balaban J connectivity index is 0. The highest BCUT2D eigenvalue weighted by atomic mass is 16.6. The average Bonchev–Trinajstić information content (AvgIpc) is 1.96. The molecule has 1 unspecified atom stereocenters. The number of nitrogens with one attached hydrogen (secondary N) is 1. The Morgan fingerprint density at radius 1 is 1.40 bits per heavy atom. The first-order valence-corrected chi connectivity index (χ1v) is 4.09. The fourth-order valence-electron chi connectivity index (χ4n) is 0.635. The third-order valence-corrected chi connectivity index (χ3v) is 1.17. The van der Waals surface area contributed by atoms with E-state index in [1.54, 1.807) is 20.8 Å². The van der Waals surface area contributed by atoms with Gasteiger partial charge in [0.15, 0.2) is 6.04 Å². The van der Waals surface area contributed by atoms with Crippen LogP contribution in [0.3, 0.4) is 0 Å². The number of hydrogen-bond acceptors (Lipinski definition) is 4. The summed E-state index contributed by atoms with van der Waals surface area (Å²) >= 11 is 0. The Bertz CT molecular complexity index is 222. The van der Waals surface area contributed by atoms with Crippen molar-refractivity contribution in [1.29, 1.82) is 0 Å². The summed E-state index contributed by atoms with van der Waals surface area (Å²) in [6.07, 6.45) is -0.862. The summed E-state index contributed by atoms with van der Waals surface area (Å²) in [7, 11) is 0. The van der Waals surface area contributed by atoms with Gasteiger partial charge in [-0.1, -0.05) is 0 Å². The van der Waals surface area contributed by atoms with Crippen LogP contribution < -0.4 is 5.32 Å². The lowest BCUT2D eigenvalue weighted by atomic mass is 10.2. The van der Waals surface area contributed by atoms with Crippen LogP contribution >= 0.6 is 0 Å². The number of alkyl carbamates (subject to hydrolysis) is 1. The lowest BCUT2D eigenvalue weighted by Crippen LogP contribution is -2.45. The fraction of sp³-hybridized carbons (Fsp3) is 0.750. The first-order valence-electron chi connectivity index (χ1n) is 4.09. The molecule has 90 valence electrons. The van der Waals surface area contributed by atoms with Crippen LogP contribution in [0.5, 0.6) is 0 Å². The van der Waals surface area contributed by atoms with Gasteiger partial charge in [-0.25, -0.2) is 9.59 Å². The molecule has 0 aliphatic rings. The van der Waals surface area contributed by atoms with Gasteiger partial charge in [-0.2, -0.15) is 0 Å². The molecule has 0 aliphatic heterocycles. The molecule has 0 saturated carbocycles. The zero-order valence-electron chi connectivity index (χ0n) is 8.90. The zero-order valence-corrected chi connectivity index (χ0v) is 8.90. The Kier molecular flexibility index (Phi) is 6.66. The summed E-state index contributed by atoms with van der Waals surface area (Å²) in [5.74, 6) is -1.31. The van der Waals surface area contributed by atoms with Crippen LogP contribution in [-0.2, 0) is 9.53 Å². The maximum absolute atomic E-state index is 11.0. The SMILES string of the molecule is CC(C)(C)OC(=O)NC(CO)C(=O)O.O. The Morgan fingerprint density at radius 2 is 1.87 bits per heavy atom. The maximum atomic E-state index is 11.0. The van der Waals surface area contributed by atoms with E-state index in [2.05, 4.69) is 0 Å². The van der Waals surface area contributed by atoms with E-state index < -0.39 is 30.3 Å². The second kappa shape index (κ2) is 6.20. The van der Waals surface area contributed by atoms with E-state index in [0.717, 1.165) is 0 Å². The summed E-state index contributed by atoms with van der Waals surface area (Å²) in [5, 5.41) is 19.1. The normalized spacial score (nSPS) is 12.3. The van der Waals surface area contributed by atoms with Gasteiger partial charge in [-0.05, 0) is 20.8 Å². The summed E-state index contributed by atoms with van der Waals surface area (Å²) in [4.78, 5) is 21.4. The van der Waals surface area contributed by atoms with Gasteiger partial charge < -0.3 is 25.7 Å². The van der Waals surface area contributed by atoms with Crippen molar-refractivity contribution in [3.63, 3.8) is 0 Å². The Hall–Kier alpha value is -1.34.